The summed E-state index contributed by atoms with van der Waals surface area (Å²) in [6.07, 6.45) is 4.09. The standard InChI is InChI=1S/C9H19N/c1-4-7-10-8(2)9(3)5-6-9/h8,10H,4-7H2,1-3H3. The third kappa shape index (κ3) is 1.72. The van der Waals surface area contributed by atoms with Crippen LogP contribution < -0.4 is 5.32 Å². The van der Waals surface area contributed by atoms with Crippen LogP contribution >= 0.6 is 0 Å². The van der Waals surface area contributed by atoms with Crippen LogP contribution in [0.3, 0.4) is 0 Å². The molecular weight excluding hydrogens is 122 g/mol. The summed E-state index contributed by atoms with van der Waals surface area (Å²) in [6.45, 7) is 8.08. The molecule has 1 atom stereocenters. The highest BCUT2D eigenvalue weighted by atomic mass is 14.9. The second kappa shape index (κ2) is 2.91. The van der Waals surface area contributed by atoms with Gasteiger partial charge in [0.2, 0.25) is 0 Å². The molecule has 0 heterocycles. The van der Waals surface area contributed by atoms with Gasteiger partial charge in [-0.25, -0.2) is 0 Å². The van der Waals surface area contributed by atoms with Gasteiger partial charge < -0.3 is 5.32 Å². The predicted molar refractivity (Wildman–Crippen MR) is 45.1 cm³/mol. The van der Waals surface area contributed by atoms with E-state index in [1.165, 1.54) is 25.8 Å². The molecule has 1 N–H and O–H groups in total. The van der Waals surface area contributed by atoms with Crippen molar-refractivity contribution in [2.45, 2.75) is 46.1 Å². The lowest BCUT2D eigenvalue weighted by molar-refractivity contribution is 0.382. The number of rotatable bonds is 4. The molecule has 0 spiro atoms. The summed E-state index contributed by atoms with van der Waals surface area (Å²) in [7, 11) is 0. The minimum absolute atomic E-state index is 0.648. The quantitative estimate of drug-likeness (QED) is 0.632. The molecule has 60 valence electrons. The normalized spacial score (nSPS) is 24.3. The van der Waals surface area contributed by atoms with Crippen molar-refractivity contribution < 1.29 is 0 Å². The van der Waals surface area contributed by atoms with E-state index in [1.54, 1.807) is 0 Å². The van der Waals surface area contributed by atoms with Crippen LogP contribution in [0, 0.1) is 5.41 Å². The van der Waals surface area contributed by atoms with Crippen molar-refractivity contribution in [1.82, 2.24) is 5.32 Å². The minimum atomic E-state index is 0.648. The van der Waals surface area contributed by atoms with Crippen molar-refractivity contribution in [3.63, 3.8) is 0 Å². The Bertz CT molecular complexity index is 105. The molecule has 1 aliphatic rings. The summed E-state index contributed by atoms with van der Waals surface area (Å²) in [5.41, 5.74) is 0.648. The van der Waals surface area contributed by atoms with Crippen molar-refractivity contribution in [2.24, 2.45) is 5.41 Å². The third-order valence-electron chi connectivity index (χ3n) is 2.78. The highest BCUT2D eigenvalue weighted by molar-refractivity contribution is 4.96. The molecule has 1 aliphatic carbocycles. The van der Waals surface area contributed by atoms with Gasteiger partial charge in [0.15, 0.2) is 0 Å². The Balaban J connectivity index is 2.15. The van der Waals surface area contributed by atoms with E-state index in [9.17, 15) is 0 Å². The summed E-state index contributed by atoms with van der Waals surface area (Å²) in [5.74, 6) is 0. The maximum absolute atomic E-state index is 3.53. The maximum Gasteiger partial charge on any atom is 0.00925 e. The Kier molecular flexibility index (Phi) is 2.35. The molecule has 0 amide bonds. The molecule has 1 rings (SSSR count). The SMILES string of the molecule is CCCNC(C)C1(C)CC1. The van der Waals surface area contributed by atoms with Gasteiger partial charge in [-0.2, -0.15) is 0 Å². The molecule has 10 heavy (non-hydrogen) atoms. The smallest absolute Gasteiger partial charge is 0.00925 e. The second-order valence-electron chi connectivity index (χ2n) is 3.83. The summed E-state index contributed by atoms with van der Waals surface area (Å²) in [5, 5.41) is 3.53. The van der Waals surface area contributed by atoms with Gasteiger partial charge in [-0.3, -0.25) is 0 Å². The van der Waals surface area contributed by atoms with E-state index in [0.717, 1.165) is 6.04 Å². The summed E-state index contributed by atoms with van der Waals surface area (Å²) in [6, 6.07) is 0.729. The lowest BCUT2D eigenvalue weighted by Crippen LogP contribution is -2.33. The highest BCUT2D eigenvalue weighted by Gasteiger charge is 2.41. The molecule has 0 aromatic rings. The fourth-order valence-electron chi connectivity index (χ4n) is 1.24. The van der Waals surface area contributed by atoms with Crippen LogP contribution in [0.4, 0.5) is 0 Å². The molecule has 0 saturated heterocycles. The lowest BCUT2D eigenvalue weighted by atomic mass is 10.0. The molecule has 0 bridgehead atoms. The number of nitrogens with one attached hydrogen (secondary N) is 1. The average Bonchev–Trinajstić information content (AvgIpc) is 2.64. The first-order chi connectivity index (χ1) is 4.69. The molecule has 1 nitrogen and oxygen atoms in total. The van der Waals surface area contributed by atoms with Crippen molar-refractivity contribution >= 4 is 0 Å². The molecule has 1 saturated carbocycles. The highest BCUT2D eigenvalue weighted by Crippen LogP contribution is 2.47. The van der Waals surface area contributed by atoms with Gasteiger partial charge in [-0.1, -0.05) is 13.8 Å². The first-order valence-electron chi connectivity index (χ1n) is 4.42. The van der Waals surface area contributed by atoms with Crippen molar-refractivity contribution in [2.75, 3.05) is 6.54 Å². The van der Waals surface area contributed by atoms with Crippen LogP contribution in [-0.4, -0.2) is 12.6 Å². The Morgan fingerprint density at radius 2 is 2.10 bits per heavy atom. The molecule has 1 heteroatoms. The first kappa shape index (κ1) is 8.06. The van der Waals surface area contributed by atoms with E-state index in [0.29, 0.717) is 5.41 Å². The van der Waals surface area contributed by atoms with Gasteiger partial charge in [-0.15, -0.1) is 0 Å². The minimum Gasteiger partial charge on any atom is -0.314 e. The van der Waals surface area contributed by atoms with E-state index in [4.69, 9.17) is 0 Å². The fraction of sp³-hybridized carbons (Fsp3) is 1.00. The van der Waals surface area contributed by atoms with Crippen molar-refractivity contribution in [1.29, 1.82) is 0 Å². The molecular formula is C9H19N. The van der Waals surface area contributed by atoms with E-state index < -0.39 is 0 Å². The van der Waals surface area contributed by atoms with Crippen LogP contribution in [0.25, 0.3) is 0 Å². The van der Waals surface area contributed by atoms with E-state index in [-0.39, 0.29) is 0 Å². The lowest BCUT2D eigenvalue weighted by Gasteiger charge is -2.19. The molecule has 1 fully saturated rings. The number of hydrogen-bond acceptors (Lipinski definition) is 1. The van der Waals surface area contributed by atoms with Gasteiger partial charge in [0.25, 0.3) is 0 Å². The number of hydrogen-bond donors (Lipinski definition) is 1. The van der Waals surface area contributed by atoms with E-state index >= 15 is 0 Å². The molecule has 0 aliphatic heterocycles. The monoisotopic (exact) mass is 141 g/mol. The second-order valence-corrected chi connectivity index (χ2v) is 3.83. The van der Waals surface area contributed by atoms with Gasteiger partial charge in [0, 0.05) is 6.04 Å². The summed E-state index contributed by atoms with van der Waals surface area (Å²) >= 11 is 0. The third-order valence-corrected chi connectivity index (χ3v) is 2.78. The van der Waals surface area contributed by atoms with Crippen LogP contribution in [0.1, 0.15) is 40.0 Å². The van der Waals surface area contributed by atoms with E-state index in [2.05, 4.69) is 26.1 Å². The van der Waals surface area contributed by atoms with Gasteiger partial charge in [0.05, 0.1) is 0 Å². The fourth-order valence-corrected chi connectivity index (χ4v) is 1.24. The van der Waals surface area contributed by atoms with Crippen molar-refractivity contribution in [3.8, 4) is 0 Å². The van der Waals surface area contributed by atoms with Crippen LogP contribution in [-0.2, 0) is 0 Å². The zero-order chi connectivity index (χ0) is 7.61. The van der Waals surface area contributed by atoms with Gasteiger partial charge >= 0.3 is 0 Å². The molecule has 0 radical (unpaired) electrons. The predicted octanol–water partition coefficient (Wildman–Crippen LogP) is 2.17. The topological polar surface area (TPSA) is 12.0 Å². The molecule has 0 aromatic heterocycles. The first-order valence-corrected chi connectivity index (χ1v) is 4.42. The molecule has 0 aromatic carbocycles. The van der Waals surface area contributed by atoms with Crippen molar-refractivity contribution in [3.05, 3.63) is 0 Å². The summed E-state index contributed by atoms with van der Waals surface area (Å²) in [4.78, 5) is 0. The van der Waals surface area contributed by atoms with Crippen LogP contribution in [0.5, 0.6) is 0 Å². The van der Waals surface area contributed by atoms with Crippen LogP contribution in [0.15, 0.2) is 0 Å². The summed E-state index contributed by atoms with van der Waals surface area (Å²) < 4.78 is 0. The van der Waals surface area contributed by atoms with Gasteiger partial charge in [0.1, 0.15) is 0 Å². The Hall–Kier alpha value is -0.0400. The Labute approximate surface area is 64.2 Å². The Morgan fingerprint density at radius 1 is 1.50 bits per heavy atom. The molecule has 1 unspecified atom stereocenters. The zero-order valence-electron chi connectivity index (χ0n) is 7.41. The largest absolute Gasteiger partial charge is 0.314 e. The zero-order valence-corrected chi connectivity index (χ0v) is 7.41. The average molecular weight is 141 g/mol. The van der Waals surface area contributed by atoms with Crippen LogP contribution in [0.2, 0.25) is 0 Å². The maximum atomic E-state index is 3.53. The van der Waals surface area contributed by atoms with E-state index in [1.807, 2.05) is 0 Å². The van der Waals surface area contributed by atoms with Gasteiger partial charge in [-0.05, 0) is 38.1 Å². The Morgan fingerprint density at radius 3 is 2.50 bits per heavy atom.